The second kappa shape index (κ2) is 2.55. The third kappa shape index (κ3) is 1.12. The maximum atomic E-state index is 5.52. The summed E-state index contributed by atoms with van der Waals surface area (Å²) < 4.78 is 7.33. The van der Waals surface area contributed by atoms with Crippen LogP contribution in [-0.2, 0) is 11.3 Å². The molecule has 0 saturated carbocycles. The minimum Gasteiger partial charge on any atom is -0.373 e. The highest BCUT2D eigenvalue weighted by Gasteiger charge is 2.41. The lowest BCUT2D eigenvalue weighted by molar-refractivity contribution is -0.194. The Hall–Kier alpha value is -0.900. The highest BCUT2D eigenvalue weighted by molar-refractivity contribution is 4.88. The lowest BCUT2D eigenvalue weighted by atomic mass is 9.86. The summed E-state index contributed by atoms with van der Waals surface area (Å²) >= 11 is 0. The molecule has 1 aromatic heterocycles. The molecule has 0 amide bonds. The van der Waals surface area contributed by atoms with Crippen molar-refractivity contribution in [2.24, 2.45) is 5.92 Å². The van der Waals surface area contributed by atoms with E-state index in [4.69, 9.17) is 4.74 Å². The van der Waals surface area contributed by atoms with Gasteiger partial charge in [-0.25, -0.2) is 4.98 Å². The van der Waals surface area contributed by atoms with Crippen LogP contribution in [0.2, 0.25) is 0 Å². The van der Waals surface area contributed by atoms with E-state index < -0.39 is 0 Å². The number of ether oxygens (including phenoxy) is 1. The molecule has 4 nitrogen and oxygen atoms in total. The molecule has 1 aliphatic rings. The van der Waals surface area contributed by atoms with E-state index >= 15 is 0 Å². The van der Waals surface area contributed by atoms with Gasteiger partial charge in [-0.1, -0.05) is 6.92 Å². The van der Waals surface area contributed by atoms with Gasteiger partial charge in [-0.2, -0.15) is 5.10 Å². The molecule has 1 aliphatic heterocycles. The van der Waals surface area contributed by atoms with Crippen LogP contribution in [0.15, 0.2) is 12.7 Å². The van der Waals surface area contributed by atoms with Crippen LogP contribution in [0.3, 0.4) is 0 Å². The van der Waals surface area contributed by atoms with Crippen molar-refractivity contribution >= 4 is 0 Å². The van der Waals surface area contributed by atoms with Crippen molar-refractivity contribution in [1.29, 1.82) is 0 Å². The van der Waals surface area contributed by atoms with E-state index in [-0.39, 0.29) is 5.60 Å². The quantitative estimate of drug-likeness (QED) is 0.651. The van der Waals surface area contributed by atoms with Gasteiger partial charge in [0.05, 0.1) is 18.8 Å². The first-order valence-corrected chi connectivity index (χ1v) is 4.17. The summed E-state index contributed by atoms with van der Waals surface area (Å²) in [7, 11) is 0. The smallest absolute Gasteiger partial charge is 0.137 e. The van der Waals surface area contributed by atoms with Gasteiger partial charge < -0.3 is 4.74 Å². The molecule has 2 heterocycles. The van der Waals surface area contributed by atoms with Crippen LogP contribution in [0, 0.1) is 5.92 Å². The fourth-order valence-corrected chi connectivity index (χ4v) is 1.37. The van der Waals surface area contributed by atoms with E-state index in [0.29, 0.717) is 5.92 Å². The normalized spacial score (nSPS) is 34.7. The standard InChI is InChI=1S/C8H13N3O/c1-7-3-12-8(7,2)4-11-6-9-5-10-11/h5-7H,3-4H2,1-2H3. The van der Waals surface area contributed by atoms with Gasteiger partial charge in [0.2, 0.25) is 0 Å². The Balaban J connectivity index is 2.03. The summed E-state index contributed by atoms with van der Waals surface area (Å²) in [4.78, 5) is 3.89. The molecular weight excluding hydrogens is 154 g/mol. The minimum absolute atomic E-state index is 0.0340. The first kappa shape index (κ1) is 7.73. The Labute approximate surface area is 71.6 Å². The topological polar surface area (TPSA) is 39.9 Å². The molecule has 2 unspecified atom stereocenters. The zero-order valence-electron chi connectivity index (χ0n) is 7.40. The summed E-state index contributed by atoms with van der Waals surface area (Å²) in [6, 6.07) is 0. The van der Waals surface area contributed by atoms with Crippen LogP contribution >= 0.6 is 0 Å². The maximum Gasteiger partial charge on any atom is 0.137 e. The van der Waals surface area contributed by atoms with Crippen molar-refractivity contribution in [3.8, 4) is 0 Å². The summed E-state index contributed by atoms with van der Waals surface area (Å²) in [6.07, 6.45) is 3.27. The third-order valence-corrected chi connectivity index (χ3v) is 2.65. The van der Waals surface area contributed by atoms with E-state index in [1.54, 1.807) is 12.7 Å². The van der Waals surface area contributed by atoms with Crippen LogP contribution in [-0.4, -0.2) is 27.0 Å². The van der Waals surface area contributed by atoms with E-state index in [1.807, 2.05) is 4.68 Å². The van der Waals surface area contributed by atoms with Gasteiger partial charge >= 0.3 is 0 Å². The molecule has 1 fully saturated rings. The number of hydrogen-bond acceptors (Lipinski definition) is 3. The van der Waals surface area contributed by atoms with Crippen molar-refractivity contribution in [1.82, 2.24) is 14.8 Å². The summed E-state index contributed by atoms with van der Waals surface area (Å²) in [5, 5.41) is 4.04. The predicted molar refractivity (Wildman–Crippen MR) is 43.5 cm³/mol. The Morgan fingerprint density at radius 1 is 1.75 bits per heavy atom. The minimum atomic E-state index is -0.0340. The molecule has 0 spiro atoms. The van der Waals surface area contributed by atoms with E-state index in [2.05, 4.69) is 23.9 Å². The SMILES string of the molecule is CC1COC1(C)Cn1cncn1. The highest BCUT2D eigenvalue weighted by atomic mass is 16.5. The lowest BCUT2D eigenvalue weighted by Crippen LogP contribution is -2.52. The number of nitrogens with zero attached hydrogens (tertiary/aromatic N) is 3. The molecule has 0 bridgehead atoms. The molecule has 0 aliphatic carbocycles. The summed E-state index contributed by atoms with van der Waals surface area (Å²) in [6.45, 7) is 5.97. The van der Waals surface area contributed by atoms with Crippen LogP contribution in [0.25, 0.3) is 0 Å². The molecule has 66 valence electrons. The molecule has 2 rings (SSSR count). The van der Waals surface area contributed by atoms with Crippen LogP contribution in [0.4, 0.5) is 0 Å². The Morgan fingerprint density at radius 2 is 2.58 bits per heavy atom. The Kier molecular flexibility index (Phi) is 1.65. The van der Waals surface area contributed by atoms with E-state index in [1.165, 1.54) is 0 Å². The highest BCUT2D eigenvalue weighted by Crippen LogP contribution is 2.33. The summed E-state index contributed by atoms with van der Waals surface area (Å²) in [5.41, 5.74) is -0.0340. The molecule has 1 saturated heterocycles. The lowest BCUT2D eigenvalue weighted by Gasteiger charge is -2.45. The van der Waals surface area contributed by atoms with Gasteiger partial charge in [0, 0.05) is 5.92 Å². The number of hydrogen-bond donors (Lipinski definition) is 0. The average Bonchev–Trinajstić information content (AvgIpc) is 2.54. The van der Waals surface area contributed by atoms with Crippen molar-refractivity contribution in [2.45, 2.75) is 26.0 Å². The number of rotatable bonds is 2. The fraction of sp³-hybridized carbons (Fsp3) is 0.750. The molecule has 12 heavy (non-hydrogen) atoms. The van der Waals surface area contributed by atoms with Gasteiger partial charge in [-0.05, 0) is 6.92 Å². The van der Waals surface area contributed by atoms with Gasteiger partial charge in [-0.15, -0.1) is 0 Å². The average molecular weight is 167 g/mol. The zero-order chi connectivity index (χ0) is 8.60. The molecule has 0 aromatic carbocycles. The van der Waals surface area contributed by atoms with Crippen molar-refractivity contribution in [3.63, 3.8) is 0 Å². The van der Waals surface area contributed by atoms with Gasteiger partial charge in [0.1, 0.15) is 12.7 Å². The molecule has 1 aromatic rings. The summed E-state index contributed by atoms with van der Waals surface area (Å²) in [5.74, 6) is 0.613. The molecular formula is C8H13N3O. The van der Waals surface area contributed by atoms with Crippen molar-refractivity contribution in [3.05, 3.63) is 12.7 Å². The molecule has 0 N–H and O–H groups in total. The largest absolute Gasteiger partial charge is 0.373 e. The number of aromatic nitrogens is 3. The van der Waals surface area contributed by atoms with Crippen molar-refractivity contribution < 1.29 is 4.74 Å². The van der Waals surface area contributed by atoms with E-state index in [9.17, 15) is 0 Å². The maximum absolute atomic E-state index is 5.52. The molecule has 4 heteroatoms. The van der Waals surface area contributed by atoms with Gasteiger partial charge in [0.25, 0.3) is 0 Å². The first-order valence-electron chi connectivity index (χ1n) is 4.17. The van der Waals surface area contributed by atoms with E-state index in [0.717, 1.165) is 13.2 Å². The monoisotopic (exact) mass is 167 g/mol. The van der Waals surface area contributed by atoms with Crippen LogP contribution < -0.4 is 0 Å². The second-order valence-corrected chi connectivity index (χ2v) is 3.62. The van der Waals surface area contributed by atoms with Gasteiger partial charge in [-0.3, -0.25) is 4.68 Å². The Morgan fingerprint density at radius 3 is 3.00 bits per heavy atom. The van der Waals surface area contributed by atoms with Crippen LogP contribution in [0.1, 0.15) is 13.8 Å². The zero-order valence-corrected chi connectivity index (χ0v) is 7.40. The van der Waals surface area contributed by atoms with Crippen LogP contribution in [0.5, 0.6) is 0 Å². The predicted octanol–water partition coefficient (Wildman–Crippen LogP) is 0.703. The molecule has 0 radical (unpaired) electrons. The third-order valence-electron chi connectivity index (χ3n) is 2.65. The Bertz CT molecular complexity index is 259. The fourth-order valence-electron chi connectivity index (χ4n) is 1.37. The van der Waals surface area contributed by atoms with Gasteiger partial charge in [0.15, 0.2) is 0 Å². The molecule has 2 atom stereocenters. The van der Waals surface area contributed by atoms with Crippen molar-refractivity contribution in [2.75, 3.05) is 6.61 Å². The second-order valence-electron chi connectivity index (χ2n) is 3.62. The first-order chi connectivity index (χ1) is 5.71.